The summed E-state index contributed by atoms with van der Waals surface area (Å²) in [5.74, 6) is -1.02. The Morgan fingerprint density at radius 2 is 1.65 bits per heavy atom. The summed E-state index contributed by atoms with van der Waals surface area (Å²) in [6.45, 7) is 19.1. The standard InChI is InChI=1S/C38H60O7Si/c1-27(2)46(28(3)4,29(5)6)45-35-23-22-33(39)18-14-12-16-20-38(42)44-36(26-30(7)17-13-11-15-19-34(35)40)32(9)25-31(8)21-24-37(41)43-10/h11,13,16-17,20-25,27-29,32,34-36,40H,12,14-15,18-19,26H2,1-10H3/b13-11+,20-16+,23-22+,24-21+,30-17+,31-25+/t32-,34+,35+,36-/m0/s1. The van der Waals surface area contributed by atoms with E-state index in [-0.39, 0.29) is 11.7 Å². The second-order valence-corrected chi connectivity index (χ2v) is 18.8. The van der Waals surface area contributed by atoms with Gasteiger partial charge in [-0.1, -0.05) is 102 Å². The number of allylic oxidation sites excluding steroid dienone is 7. The third-order valence-corrected chi connectivity index (χ3v) is 14.8. The van der Waals surface area contributed by atoms with Gasteiger partial charge >= 0.3 is 11.9 Å². The summed E-state index contributed by atoms with van der Waals surface area (Å²) in [6.07, 6.45) is 18.9. The number of ether oxygens (including phenoxy) is 2. The second kappa shape index (κ2) is 21.1. The summed E-state index contributed by atoms with van der Waals surface area (Å²) in [5, 5.41) is 11.3. The van der Waals surface area contributed by atoms with Crippen LogP contribution in [0.15, 0.2) is 71.9 Å². The largest absolute Gasteiger partial charge is 0.466 e. The molecule has 0 aromatic heterocycles. The molecule has 8 heteroatoms. The van der Waals surface area contributed by atoms with E-state index in [4.69, 9.17) is 9.16 Å². The fourth-order valence-electron chi connectivity index (χ4n) is 6.26. The molecule has 1 heterocycles. The molecule has 258 valence electrons. The Balaban J connectivity index is 3.29. The average molecular weight is 657 g/mol. The SMILES string of the molecule is COC(=O)/C=C/C(C)=C/[C@H](C)[C@@H]1C/C(C)=C/C=C/CC[C@@H](O)[C@H](O[Si](C(C)C)(C(C)C)C(C)C)/C=C/C(=O)CCC/C=C/C(=O)O1. The van der Waals surface area contributed by atoms with Crippen LogP contribution in [0.5, 0.6) is 0 Å². The molecule has 1 aliphatic heterocycles. The molecule has 0 amide bonds. The van der Waals surface area contributed by atoms with Gasteiger partial charge in [-0.25, -0.2) is 9.59 Å². The van der Waals surface area contributed by atoms with E-state index in [1.807, 2.05) is 45.1 Å². The number of carbonyl (C=O) groups excluding carboxylic acids is 3. The highest BCUT2D eigenvalue weighted by atomic mass is 28.4. The van der Waals surface area contributed by atoms with Gasteiger partial charge < -0.3 is 19.0 Å². The zero-order chi connectivity index (χ0) is 34.9. The van der Waals surface area contributed by atoms with Crippen LogP contribution in [0.4, 0.5) is 0 Å². The number of hydrogen-bond acceptors (Lipinski definition) is 7. The van der Waals surface area contributed by atoms with Gasteiger partial charge in [0.25, 0.3) is 0 Å². The van der Waals surface area contributed by atoms with Gasteiger partial charge in [0.15, 0.2) is 5.78 Å². The van der Waals surface area contributed by atoms with Crippen molar-refractivity contribution in [3.05, 3.63) is 71.9 Å². The van der Waals surface area contributed by atoms with Crippen molar-refractivity contribution in [1.29, 1.82) is 0 Å². The fourth-order valence-corrected chi connectivity index (χ4v) is 11.8. The number of esters is 2. The van der Waals surface area contributed by atoms with Crippen LogP contribution >= 0.6 is 0 Å². The molecule has 0 spiro atoms. The molecule has 46 heavy (non-hydrogen) atoms. The quantitative estimate of drug-likeness (QED) is 0.115. The van der Waals surface area contributed by atoms with Crippen LogP contribution < -0.4 is 0 Å². The average Bonchev–Trinajstić information content (AvgIpc) is 2.98. The number of cyclic esters (lactones) is 1. The summed E-state index contributed by atoms with van der Waals surface area (Å²) in [4.78, 5) is 37.1. The van der Waals surface area contributed by atoms with Crippen LogP contribution in [-0.2, 0) is 28.3 Å². The first-order valence-corrected chi connectivity index (χ1v) is 19.0. The highest BCUT2D eigenvalue weighted by Crippen LogP contribution is 2.43. The van der Waals surface area contributed by atoms with Crippen molar-refractivity contribution in [1.82, 2.24) is 0 Å². The molecule has 0 unspecified atom stereocenters. The van der Waals surface area contributed by atoms with Crippen LogP contribution in [-0.4, -0.2) is 56.6 Å². The summed E-state index contributed by atoms with van der Waals surface area (Å²) < 4.78 is 17.5. The van der Waals surface area contributed by atoms with Crippen LogP contribution in [0.25, 0.3) is 0 Å². The van der Waals surface area contributed by atoms with Crippen molar-refractivity contribution >= 4 is 26.0 Å². The molecule has 0 saturated heterocycles. The molecule has 0 radical (unpaired) electrons. The first-order valence-electron chi connectivity index (χ1n) is 16.8. The molecular weight excluding hydrogens is 596 g/mol. The number of methoxy groups -OCH3 is 1. The lowest BCUT2D eigenvalue weighted by Crippen LogP contribution is -2.52. The van der Waals surface area contributed by atoms with Gasteiger partial charge in [0.1, 0.15) is 6.10 Å². The van der Waals surface area contributed by atoms with E-state index < -0.39 is 38.6 Å². The molecule has 0 aliphatic carbocycles. The van der Waals surface area contributed by atoms with Crippen molar-refractivity contribution in [3.8, 4) is 0 Å². The molecule has 1 rings (SSSR count). The Labute approximate surface area is 279 Å². The number of aliphatic hydroxyl groups is 1. The minimum atomic E-state index is -2.31. The zero-order valence-corrected chi connectivity index (χ0v) is 31.0. The summed E-state index contributed by atoms with van der Waals surface area (Å²) in [5.41, 5.74) is 2.93. The van der Waals surface area contributed by atoms with E-state index in [0.717, 1.165) is 11.1 Å². The lowest BCUT2D eigenvalue weighted by molar-refractivity contribution is -0.144. The number of rotatable bonds is 9. The maximum Gasteiger partial charge on any atom is 0.330 e. The van der Waals surface area contributed by atoms with Gasteiger partial charge in [0, 0.05) is 30.9 Å². The summed E-state index contributed by atoms with van der Waals surface area (Å²) >= 11 is 0. The van der Waals surface area contributed by atoms with E-state index in [2.05, 4.69) is 46.3 Å². The topological polar surface area (TPSA) is 99.1 Å². The van der Waals surface area contributed by atoms with Crippen molar-refractivity contribution in [2.45, 2.75) is 136 Å². The van der Waals surface area contributed by atoms with E-state index in [0.29, 0.717) is 55.1 Å². The van der Waals surface area contributed by atoms with Gasteiger partial charge in [-0.2, -0.15) is 0 Å². The predicted molar refractivity (Wildman–Crippen MR) is 190 cm³/mol. The molecule has 1 N–H and O–H groups in total. The number of carbonyl (C=O) groups is 3. The third-order valence-electron chi connectivity index (χ3n) is 8.68. The normalized spacial score (nSPS) is 26.0. The van der Waals surface area contributed by atoms with Crippen LogP contribution in [0.2, 0.25) is 16.6 Å². The van der Waals surface area contributed by atoms with Gasteiger partial charge in [-0.15, -0.1) is 0 Å². The van der Waals surface area contributed by atoms with Crippen LogP contribution in [0.1, 0.15) is 101 Å². The lowest BCUT2D eigenvalue weighted by Gasteiger charge is -2.45. The minimum Gasteiger partial charge on any atom is -0.466 e. The van der Waals surface area contributed by atoms with Crippen LogP contribution in [0, 0.1) is 5.92 Å². The second-order valence-electron chi connectivity index (χ2n) is 13.4. The van der Waals surface area contributed by atoms with Crippen molar-refractivity contribution < 1.29 is 33.4 Å². The molecule has 0 aromatic carbocycles. The Morgan fingerprint density at radius 3 is 2.26 bits per heavy atom. The Kier molecular flexibility index (Phi) is 18.9. The van der Waals surface area contributed by atoms with Crippen molar-refractivity contribution in [2.24, 2.45) is 5.92 Å². The van der Waals surface area contributed by atoms with Crippen molar-refractivity contribution in [3.63, 3.8) is 0 Å². The Morgan fingerprint density at radius 1 is 1.00 bits per heavy atom. The number of hydrogen-bond donors (Lipinski definition) is 1. The lowest BCUT2D eigenvalue weighted by atomic mass is 9.95. The van der Waals surface area contributed by atoms with Crippen molar-refractivity contribution in [2.75, 3.05) is 7.11 Å². The zero-order valence-electron chi connectivity index (χ0n) is 30.0. The molecule has 0 aromatic rings. The van der Waals surface area contributed by atoms with Gasteiger partial charge in [-0.3, -0.25) is 4.79 Å². The number of aliphatic hydroxyl groups excluding tert-OH is 1. The molecule has 1 aliphatic rings. The van der Waals surface area contributed by atoms with E-state index >= 15 is 0 Å². The van der Waals surface area contributed by atoms with E-state index in [1.54, 1.807) is 24.3 Å². The highest BCUT2D eigenvalue weighted by Gasteiger charge is 2.47. The molecule has 4 atom stereocenters. The maximum absolute atomic E-state index is 12.8. The van der Waals surface area contributed by atoms with Gasteiger partial charge in [0.2, 0.25) is 8.32 Å². The maximum atomic E-state index is 12.8. The molecule has 7 nitrogen and oxygen atoms in total. The predicted octanol–water partition coefficient (Wildman–Crippen LogP) is 8.67. The smallest absolute Gasteiger partial charge is 0.330 e. The first kappa shape index (κ1) is 41.2. The first-order chi connectivity index (χ1) is 21.6. The summed E-state index contributed by atoms with van der Waals surface area (Å²) in [7, 11) is -0.979. The molecular formula is C38H60O7Si. The van der Waals surface area contributed by atoms with Gasteiger partial charge in [-0.05, 0) is 62.2 Å². The van der Waals surface area contributed by atoms with Gasteiger partial charge in [0.05, 0.1) is 19.3 Å². The monoisotopic (exact) mass is 656 g/mol. The Bertz CT molecular complexity index is 1130. The summed E-state index contributed by atoms with van der Waals surface area (Å²) in [6, 6.07) is 0. The molecule has 0 bridgehead atoms. The molecule has 0 saturated carbocycles. The number of ketones is 1. The van der Waals surface area contributed by atoms with Crippen LogP contribution in [0.3, 0.4) is 0 Å². The highest BCUT2D eigenvalue weighted by molar-refractivity contribution is 6.77. The Hall–Kier alpha value is -2.81. The molecule has 0 fully saturated rings. The minimum absolute atomic E-state index is 0.0325. The van der Waals surface area contributed by atoms with E-state index in [1.165, 1.54) is 19.3 Å². The fraction of sp³-hybridized carbons (Fsp3) is 0.605. The third kappa shape index (κ3) is 14.3. The van der Waals surface area contributed by atoms with E-state index in [9.17, 15) is 19.5 Å².